The van der Waals surface area contributed by atoms with Crippen LogP contribution in [0, 0.1) is 11.8 Å². The first-order chi connectivity index (χ1) is 9.06. The highest BCUT2D eigenvalue weighted by Gasteiger charge is 2.38. The van der Waals surface area contributed by atoms with Crippen LogP contribution in [0.15, 0.2) is 0 Å². The first-order valence-corrected chi connectivity index (χ1v) is 7.18. The molecule has 2 unspecified atom stereocenters. The van der Waals surface area contributed by atoms with Crippen molar-refractivity contribution in [3.63, 3.8) is 0 Å². The van der Waals surface area contributed by atoms with Crippen LogP contribution in [0.2, 0.25) is 0 Å². The van der Waals surface area contributed by atoms with Crippen LogP contribution in [0.3, 0.4) is 0 Å². The Morgan fingerprint density at radius 3 is 2.58 bits per heavy atom. The summed E-state index contributed by atoms with van der Waals surface area (Å²) in [5.74, 6) is 0.829. The maximum absolute atomic E-state index is 11.8. The first-order valence-electron chi connectivity index (χ1n) is 7.18. The Morgan fingerprint density at radius 1 is 1.32 bits per heavy atom. The average Bonchev–Trinajstić information content (AvgIpc) is 3.11. The number of aliphatic hydroxyl groups is 1. The van der Waals surface area contributed by atoms with Gasteiger partial charge in [-0.05, 0) is 31.6 Å². The first kappa shape index (κ1) is 16.0. The van der Waals surface area contributed by atoms with Gasteiger partial charge in [0.1, 0.15) is 0 Å². The van der Waals surface area contributed by atoms with Gasteiger partial charge in [-0.3, -0.25) is 9.59 Å². The fraction of sp³-hybridized carbons (Fsp3) is 0.857. The van der Waals surface area contributed by atoms with Crippen LogP contribution >= 0.6 is 0 Å². The molecule has 0 heterocycles. The Balaban J connectivity index is 2.04. The van der Waals surface area contributed by atoms with E-state index >= 15 is 0 Å². The zero-order chi connectivity index (χ0) is 14.3. The second-order valence-electron chi connectivity index (χ2n) is 5.46. The summed E-state index contributed by atoms with van der Waals surface area (Å²) < 4.78 is 0. The number of hydrogen-bond donors (Lipinski definition) is 2. The van der Waals surface area contributed by atoms with Gasteiger partial charge in [-0.15, -0.1) is 0 Å². The summed E-state index contributed by atoms with van der Waals surface area (Å²) in [6.07, 6.45) is 3.98. The van der Waals surface area contributed by atoms with Gasteiger partial charge in [0.15, 0.2) is 0 Å². The van der Waals surface area contributed by atoms with Crippen molar-refractivity contribution in [1.29, 1.82) is 0 Å². The fourth-order valence-electron chi connectivity index (χ4n) is 2.06. The second-order valence-corrected chi connectivity index (χ2v) is 5.46. The number of aliphatic hydroxyl groups excluding tert-OH is 1. The molecule has 2 N–H and O–H groups in total. The molecule has 1 aliphatic rings. The molecule has 19 heavy (non-hydrogen) atoms. The molecule has 1 aliphatic carbocycles. The number of carbonyl (C=O) groups excluding carboxylic acids is 2. The Labute approximate surface area is 115 Å². The molecule has 5 nitrogen and oxygen atoms in total. The zero-order valence-electron chi connectivity index (χ0n) is 12.0. The average molecular weight is 270 g/mol. The van der Waals surface area contributed by atoms with E-state index in [0.717, 1.165) is 25.7 Å². The van der Waals surface area contributed by atoms with Gasteiger partial charge in [0.2, 0.25) is 11.8 Å². The largest absolute Gasteiger partial charge is 0.396 e. The Bertz CT molecular complexity index is 307. The Morgan fingerprint density at radius 2 is 2.00 bits per heavy atom. The topological polar surface area (TPSA) is 69.6 Å². The van der Waals surface area contributed by atoms with E-state index in [1.165, 1.54) is 0 Å². The van der Waals surface area contributed by atoms with Gasteiger partial charge in [0, 0.05) is 39.1 Å². The summed E-state index contributed by atoms with van der Waals surface area (Å²) in [6, 6.07) is 0. The highest BCUT2D eigenvalue weighted by Crippen LogP contribution is 2.37. The van der Waals surface area contributed by atoms with Crippen molar-refractivity contribution in [2.75, 3.05) is 26.7 Å². The molecular formula is C14H26N2O3. The summed E-state index contributed by atoms with van der Waals surface area (Å²) in [4.78, 5) is 25.0. The van der Waals surface area contributed by atoms with E-state index in [4.69, 9.17) is 5.11 Å². The molecule has 2 atom stereocenters. The number of rotatable bonds is 9. The maximum Gasteiger partial charge on any atom is 0.224 e. The summed E-state index contributed by atoms with van der Waals surface area (Å²) >= 11 is 0. The summed E-state index contributed by atoms with van der Waals surface area (Å²) in [5.41, 5.74) is 0. The lowest BCUT2D eigenvalue weighted by atomic mass is 10.2. The zero-order valence-corrected chi connectivity index (χ0v) is 12.0. The minimum atomic E-state index is 0.0631. The molecule has 1 rings (SSSR count). The van der Waals surface area contributed by atoms with E-state index in [1.807, 2.05) is 0 Å². The highest BCUT2D eigenvalue weighted by molar-refractivity contribution is 5.82. The predicted molar refractivity (Wildman–Crippen MR) is 73.5 cm³/mol. The monoisotopic (exact) mass is 270 g/mol. The molecule has 0 aliphatic heterocycles. The molecule has 0 bridgehead atoms. The van der Waals surface area contributed by atoms with Crippen LogP contribution < -0.4 is 5.32 Å². The van der Waals surface area contributed by atoms with Gasteiger partial charge in [-0.2, -0.15) is 0 Å². The van der Waals surface area contributed by atoms with Crippen molar-refractivity contribution < 1.29 is 14.7 Å². The lowest BCUT2D eigenvalue weighted by Gasteiger charge is -2.17. The quantitative estimate of drug-likeness (QED) is 0.608. The minimum absolute atomic E-state index is 0.0631. The second kappa shape index (κ2) is 8.15. The molecule has 5 heteroatoms. The van der Waals surface area contributed by atoms with Crippen molar-refractivity contribution in [2.24, 2.45) is 11.8 Å². The highest BCUT2D eigenvalue weighted by atomic mass is 16.3. The molecule has 0 aromatic rings. The molecule has 0 aromatic carbocycles. The predicted octanol–water partition coefficient (Wildman–Crippen LogP) is 0.770. The molecule has 110 valence electrons. The number of hydrogen-bond acceptors (Lipinski definition) is 3. The van der Waals surface area contributed by atoms with E-state index in [1.54, 1.807) is 11.9 Å². The fourth-order valence-corrected chi connectivity index (χ4v) is 2.06. The standard InChI is InChI=1S/C14H26N2O3/c1-11-10-12(11)14(19)15-7-6-13(18)16(2)8-4-3-5-9-17/h11-12,17H,3-10H2,1-2H3,(H,15,19). The number of nitrogens with zero attached hydrogens (tertiary/aromatic N) is 1. The van der Waals surface area contributed by atoms with E-state index in [0.29, 0.717) is 25.4 Å². The van der Waals surface area contributed by atoms with Crippen molar-refractivity contribution in [1.82, 2.24) is 10.2 Å². The molecule has 1 fully saturated rings. The number of amides is 2. The molecule has 0 saturated heterocycles. The van der Waals surface area contributed by atoms with Crippen LogP contribution in [-0.2, 0) is 9.59 Å². The van der Waals surface area contributed by atoms with Crippen molar-refractivity contribution in [2.45, 2.75) is 39.0 Å². The van der Waals surface area contributed by atoms with Crippen LogP contribution in [0.4, 0.5) is 0 Å². The summed E-state index contributed by atoms with van der Waals surface area (Å²) in [6.45, 7) is 3.42. The third kappa shape index (κ3) is 6.05. The summed E-state index contributed by atoms with van der Waals surface area (Å²) in [5, 5.41) is 11.5. The Kier molecular flexibility index (Phi) is 6.84. The van der Waals surface area contributed by atoms with Crippen LogP contribution in [-0.4, -0.2) is 48.6 Å². The van der Waals surface area contributed by atoms with Crippen molar-refractivity contribution in [3.8, 4) is 0 Å². The SMILES string of the molecule is CC1CC1C(=O)NCCC(=O)N(C)CCCCCO. The van der Waals surface area contributed by atoms with Crippen molar-refractivity contribution in [3.05, 3.63) is 0 Å². The van der Waals surface area contributed by atoms with Gasteiger partial charge < -0.3 is 15.3 Å². The van der Waals surface area contributed by atoms with Gasteiger partial charge in [-0.25, -0.2) is 0 Å². The number of carbonyl (C=O) groups is 2. The van der Waals surface area contributed by atoms with E-state index in [9.17, 15) is 9.59 Å². The third-order valence-corrected chi connectivity index (χ3v) is 3.66. The molecule has 0 radical (unpaired) electrons. The van der Waals surface area contributed by atoms with Crippen LogP contribution in [0.1, 0.15) is 39.0 Å². The maximum atomic E-state index is 11.8. The van der Waals surface area contributed by atoms with Gasteiger partial charge in [-0.1, -0.05) is 6.92 Å². The lowest BCUT2D eigenvalue weighted by molar-refractivity contribution is -0.130. The number of nitrogens with one attached hydrogen (secondary N) is 1. The molecule has 0 aromatic heterocycles. The van der Waals surface area contributed by atoms with E-state index in [2.05, 4.69) is 12.2 Å². The third-order valence-electron chi connectivity index (χ3n) is 3.66. The smallest absolute Gasteiger partial charge is 0.224 e. The van der Waals surface area contributed by atoms with E-state index < -0.39 is 0 Å². The van der Waals surface area contributed by atoms with Crippen LogP contribution in [0.25, 0.3) is 0 Å². The Hall–Kier alpha value is -1.10. The van der Waals surface area contributed by atoms with Crippen molar-refractivity contribution >= 4 is 11.8 Å². The van der Waals surface area contributed by atoms with E-state index in [-0.39, 0.29) is 24.3 Å². The van der Waals surface area contributed by atoms with Crippen LogP contribution in [0.5, 0.6) is 0 Å². The minimum Gasteiger partial charge on any atom is -0.396 e. The normalized spacial score (nSPS) is 21.0. The number of unbranched alkanes of at least 4 members (excludes halogenated alkanes) is 2. The van der Waals surface area contributed by atoms with Gasteiger partial charge in [0.05, 0.1) is 0 Å². The van der Waals surface area contributed by atoms with Gasteiger partial charge in [0.25, 0.3) is 0 Å². The molecule has 1 saturated carbocycles. The molecule has 2 amide bonds. The van der Waals surface area contributed by atoms with Gasteiger partial charge >= 0.3 is 0 Å². The summed E-state index contributed by atoms with van der Waals surface area (Å²) in [7, 11) is 1.78. The molecule has 0 spiro atoms. The molecular weight excluding hydrogens is 244 g/mol. The lowest BCUT2D eigenvalue weighted by Crippen LogP contribution is -2.33.